The van der Waals surface area contributed by atoms with Gasteiger partial charge in [0, 0.05) is 49.6 Å². The fourth-order valence-corrected chi connectivity index (χ4v) is 5.47. The van der Waals surface area contributed by atoms with Crippen molar-refractivity contribution in [3.8, 4) is 21.1 Å². The molecular formula is C22H25N7O3S2. The Hall–Kier alpha value is -3.51. The number of carbonyl (C=O) groups excluding carboxylic acids is 3. The number of likely N-dealkylation sites (tertiary alicyclic amines) is 1. The van der Waals surface area contributed by atoms with Crippen LogP contribution >= 0.6 is 22.7 Å². The number of amides is 4. The van der Waals surface area contributed by atoms with Crippen LogP contribution in [0.3, 0.4) is 0 Å². The van der Waals surface area contributed by atoms with Gasteiger partial charge in [-0.05, 0) is 25.0 Å². The molecule has 3 heterocycles. The van der Waals surface area contributed by atoms with Gasteiger partial charge in [0.15, 0.2) is 5.13 Å². The molecule has 5 N–H and O–H groups in total. The number of hydrogen-bond donors (Lipinski definition) is 4. The number of piperidine rings is 1. The quantitative estimate of drug-likeness (QED) is 0.423. The third-order valence-corrected chi connectivity index (χ3v) is 7.52. The van der Waals surface area contributed by atoms with E-state index in [-0.39, 0.29) is 23.8 Å². The molecule has 1 aromatic carbocycles. The van der Waals surface area contributed by atoms with E-state index < -0.39 is 0 Å². The minimum absolute atomic E-state index is 0.0344. The second-order valence-corrected chi connectivity index (χ2v) is 9.68. The lowest BCUT2D eigenvalue weighted by atomic mass is 9.95. The molecule has 0 unspecified atom stereocenters. The Bertz CT molecular complexity index is 1210. The smallest absolute Gasteiger partial charge is 0.320 e. The standard InChI is InChI=1S/C22H25N7O3S2/c1-12(30)29-8-6-13(7-9-29)19(31)25-15-5-3-4-14(10-15)16-11-33-20(26-16)17-18(23)27-22(34-17)28-21(32)24-2/h3-5,10-11,13H,6-9,23H2,1-2H3,(H,25,31)(H2,24,27,28,32). The van der Waals surface area contributed by atoms with Gasteiger partial charge in [0.1, 0.15) is 15.7 Å². The van der Waals surface area contributed by atoms with Crippen LogP contribution in [0.4, 0.5) is 21.4 Å². The van der Waals surface area contributed by atoms with Gasteiger partial charge < -0.3 is 21.3 Å². The van der Waals surface area contributed by atoms with Crippen LogP contribution in [0.5, 0.6) is 0 Å². The summed E-state index contributed by atoms with van der Waals surface area (Å²) in [6, 6.07) is 7.15. The van der Waals surface area contributed by atoms with Crippen LogP contribution in [-0.2, 0) is 9.59 Å². The van der Waals surface area contributed by atoms with E-state index in [1.54, 1.807) is 11.8 Å². The maximum absolute atomic E-state index is 12.7. The predicted octanol–water partition coefficient (Wildman–Crippen LogP) is 3.46. The van der Waals surface area contributed by atoms with Gasteiger partial charge in [-0.3, -0.25) is 14.9 Å². The van der Waals surface area contributed by atoms with Crippen molar-refractivity contribution in [3.05, 3.63) is 29.6 Å². The molecule has 34 heavy (non-hydrogen) atoms. The van der Waals surface area contributed by atoms with Crippen molar-refractivity contribution in [2.24, 2.45) is 5.92 Å². The normalized spacial score (nSPS) is 14.0. The highest BCUT2D eigenvalue weighted by Gasteiger charge is 2.26. The van der Waals surface area contributed by atoms with E-state index in [0.717, 1.165) is 11.3 Å². The maximum atomic E-state index is 12.7. The molecule has 10 nitrogen and oxygen atoms in total. The maximum Gasteiger partial charge on any atom is 0.320 e. The summed E-state index contributed by atoms with van der Waals surface area (Å²) in [5.74, 6) is 0.201. The van der Waals surface area contributed by atoms with Crippen molar-refractivity contribution >= 4 is 57.2 Å². The molecule has 0 spiro atoms. The molecule has 0 atom stereocenters. The predicted molar refractivity (Wildman–Crippen MR) is 135 cm³/mol. The van der Waals surface area contributed by atoms with Crippen molar-refractivity contribution < 1.29 is 14.4 Å². The third-order valence-electron chi connectivity index (χ3n) is 5.54. The molecule has 3 aromatic rings. The minimum Gasteiger partial charge on any atom is -0.382 e. The molecule has 0 aliphatic carbocycles. The van der Waals surface area contributed by atoms with Crippen LogP contribution in [0.1, 0.15) is 19.8 Å². The van der Waals surface area contributed by atoms with Gasteiger partial charge in [0.25, 0.3) is 0 Å². The van der Waals surface area contributed by atoms with Gasteiger partial charge >= 0.3 is 6.03 Å². The molecule has 4 amide bonds. The minimum atomic E-state index is -0.372. The lowest BCUT2D eigenvalue weighted by Gasteiger charge is -2.30. The number of rotatable bonds is 5. The van der Waals surface area contributed by atoms with E-state index in [2.05, 4.69) is 25.9 Å². The Kier molecular flexibility index (Phi) is 7.08. The van der Waals surface area contributed by atoms with Gasteiger partial charge in [-0.15, -0.1) is 11.3 Å². The first kappa shape index (κ1) is 23.6. The van der Waals surface area contributed by atoms with Crippen LogP contribution in [0.15, 0.2) is 29.6 Å². The highest BCUT2D eigenvalue weighted by Crippen LogP contribution is 2.38. The van der Waals surface area contributed by atoms with Crippen molar-refractivity contribution in [2.45, 2.75) is 19.8 Å². The number of nitrogens with two attached hydrogens (primary N) is 1. The van der Waals surface area contributed by atoms with Crippen LogP contribution in [0.2, 0.25) is 0 Å². The highest BCUT2D eigenvalue weighted by molar-refractivity contribution is 7.23. The fraction of sp³-hybridized carbons (Fsp3) is 0.318. The Morgan fingerprint density at radius 3 is 2.62 bits per heavy atom. The monoisotopic (exact) mass is 499 g/mol. The number of anilines is 3. The molecule has 0 saturated carbocycles. The molecular weight excluding hydrogens is 474 g/mol. The van der Waals surface area contributed by atoms with Crippen molar-refractivity contribution in [3.63, 3.8) is 0 Å². The third kappa shape index (κ3) is 5.34. The first-order valence-corrected chi connectivity index (χ1v) is 12.4. The molecule has 4 rings (SSSR count). The summed E-state index contributed by atoms with van der Waals surface area (Å²) in [4.78, 5) is 47.1. The number of nitrogens with zero attached hydrogens (tertiary/aromatic N) is 3. The number of nitrogens with one attached hydrogen (secondary N) is 3. The number of aromatic nitrogens is 2. The molecule has 12 heteroatoms. The molecule has 1 fully saturated rings. The van der Waals surface area contributed by atoms with E-state index in [1.807, 2.05) is 29.6 Å². The lowest BCUT2D eigenvalue weighted by molar-refractivity contribution is -0.132. The van der Waals surface area contributed by atoms with E-state index in [4.69, 9.17) is 5.73 Å². The molecule has 1 saturated heterocycles. The fourth-order valence-electron chi connectivity index (χ4n) is 3.67. The average Bonchev–Trinajstić information content (AvgIpc) is 3.45. The van der Waals surface area contributed by atoms with Crippen molar-refractivity contribution in [1.82, 2.24) is 20.2 Å². The molecule has 0 bridgehead atoms. The second kappa shape index (κ2) is 10.2. The van der Waals surface area contributed by atoms with Crippen molar-refractivity contribution in [1.29, 1.82) is 0 Å². The second-order valence-electron chi connectivity index (χ2n) is 7.83. The van der Waals surface area contributed by atoms with Gasteiger partial charge in [-0.1, -0.05) is 23.5 Å². The van der Waals surface area contributed by atoms with E-state index >= 15 is 0 Å². The first-order chi connectivity index (χ1) is 16.3. The zero-order valence-electron chi connectivity index (χ0n) is 18.8. The van der Waals surface area contributed by atoms with E-state index in [0.29, 0.717) is 52.5 Å². The summed E-state index contributed by atoms with van der Waals surface area (Å²) >= 11 is 2.68. The van der Waals surface area contributed by atoms with Crippen molar-refractivity contribution in [2.75, 3.05) is 36.5 Å². The molecule has 2 aromatic heterocycles. The van der Waals surface area contributed by atoms with Gasteiger partial charge in [-0.2, -0.15) is 0 Å². The van der Waals surface area contributed by atoms with Gasteiger partial charge in [0.05, 0.1) is 5.69 Å². The molecule has 178 valence electrons. The summed E-state index contributed by atoms with van der Waals surface area (Å²) < 4.78 is 0. The SMILES string of the molecule is CNC(=O)Nc1nc(N)c(-c2nc(-c3cccc(NC(=O)C4CCN(C(C)=O)CC4)c3)cs2)s1. The molecule has 0 radical (unpaired) electrons. The van der Waals surface area contributed by atoms with Gasteiger partial charge in [-0.25, -0.2) is 14.8 Å². The van der Waals surface area contributed by atoms with Crippen LogP contribution in [-0.4, -0.2) is 52.9 Å². The summed E-state index contributed by atoms with van der Waals surface area (Å²) in [5, 5.41) is 11.1. The zero-order chi connectivity index (χ0) is 24.2. The number of hydrogen-bond acceptors (Lipinski definition) is 8. The van der Waals surface area contributed by atoms with E-state index in [1.165, 1.54) is 29.7 Å². The number of carbonyl (C=O) groups is 3. The summed E-state index contributed by atoms with van der Waals surface area (Å²) in [7, 11) is 1.52. The van der Waals surface area contributed by atoms with Crippen LogP contribution in [0, 0.1) is 5.92 Å². The summed E-state index contributed by atoms with van der Waals surface area (Å²) in [6.45, 7) is 2.77. The average molecular weight is 500 g/mol. The Morgan fingerprint density at radius 1 is 1.15 bits per heavy atom. The number of nitrogen functional groups attached to an aromatic ring is 1. The topological polar surface area (TPSA) is 142 Å². The summed E-state index contributed by atoms with van der Waals surface area (Å²) in [6.07, 6.45) is 1.32. The van der Waals surface area contributed by atoms with E-state index in [9.17, 15) is 14.4 Å². The Labute approximate surface area is 204 Å². The van der Waals surface area contributed by atoms with Crippen LogP contribution in [0.25, 0.3) is 21.1 Å². The largest absolute Gasteiger partial charge is 0.382 e. The lowest BCUT2D eigenvalue weighted by Crippen LogP contribution is -2.40. The Balaban J connectivity index is 1.44. The number of urea groups is 1. The summed E-state index contributed by atoms with van der Waals surface area (Å²) in [5.41, 5.74) is 8.34. The number of benzene rings is 1. The highest BCUT2D eigenvalue weighted by atomic mass is 32.1. The number of thiazole rings is 2. The first-order valence-electron chi connectivity index (χ1n) is 10.7. The van der Waals surface area contributed by atoms with Crippen LogP contribution < -0.4 is 21.7 Å². The van der Waals surface area contributed by atoms with Gasteiger partial charge in [0.2, 0.25) is 11.8 Å². The zero-order valence-corrected chi connectivity index (χ0v) is 20.4. The Morgan fingerprint density at radius 2 is 1.91 bits per heavy atom. The molecule has 1 aliphatic heterocycles. The molecule has 1 aliphatic rings.